The second kappa shape index (κ2) is 31.1. The largest absolute Gasteiger partial charge is 0.454 e. The molecule has 20 aromatic carbocycles. The van der Waals surface area contributed by atoms with Crippen LogP contribution in [0.15, 0.2) is 415 Å². The number of hydrogen-bond donors (Lipinski definition) is 0. The van der Waals surface area contributed by atoms with Crippen molar-refractivity contribution in [3.63, 3.8) is 0 Å². The first kappa shape index (κ1) is 76.3. The van der Waals surface area contributed by atoms with Crippen LogP contribution in [0.2, 0.25) is 0 Å². The highest BCUT2D eigenvalue weighted by atomic mass is 32.1. The maximum atomic E-state index is 7.42. The number of para-hydroxylation sites is 3. The van der Waals surface area contributed by atoms with Gasteiger partial charge in [0.05, 0.1) is 34.1 Å². The summed E-state index contributed by atoms with van der Waals surface area (Å²) in [5.41, 5.74) is 27.0. The van der Waals surface area contributed by atoms with E-state index in [0.29, 0.717) is 18.3 Å². The molecule has 8 heteroatoms. The zero-order valence-corrected chi connectivity index (χ0v) is 73.1. The maximum absolute atomic E-state index is 7.42. The normalized spacial score (nSPS) is 12.0. The summed E-state index contributed by atoms with van der Waals surface area (Å²) in [6.45, 7) is 11.2. The lowest BCUT2D eigenvalue weighted by Gasteiger charge is -2.28. The van der Waals surface area contributed by atoms with Crippen LogP contribution in [0.5, 0.6) is 0 Å². The molecule has 0 amide bonds. The van der Waals surface area contributed by atoms with Gasteiger partial charge >= 0.3 is 0 Å². The second-order valence-corrected chi connectivity index (χ2v) is 36.8. The molecule has 0 aliphatic heterocycles. The number of rotatable bonds is 18. The first-order valence-corrected chi connectivity index (χ1v) is 46.0. The van der Waals surface area contributed by atoms with Crippen LogP contribution in [0.1, 0.15) is 67.3 Å². The van der Waals surface area contributed by atoms with Crippen LogP contribution >= 0.6 is 22.7 Å². The van der Waals surface area contributed by atoms with Gasteiger partial charge in [0.2, 0.25) is 0 Å². The topological polar surface area (TPSA) is 39.2 Å². The summed E-state index contributed by atoms with van der Waals surface area (Å²) in [5, 5.41) is 18.8. The Morgan fingerprint density at radius 2 is 0.547 bits per heavy atom. The molecular formula is C120H86N4O2S2. The lowest BCUT2D eigenvalue weighted by atomic mass is 9.95. The molecule has 4 aromatic heterocycles. The van der Waals surface area contributed by atoms with Crippen molar-refractivity contribution in [3.05, 3.63) is 434 Å². The first-order chi connectivity index (χ1) is 63.0. The number of fused-ring (bicyclic) bond motifs is 20. The van der Waals surface area contributed by atoms with Gasteiger partial charge in [-0.1, -0.05) is 318 Å². The molecule has 0 unspecified atom stereocenters. The minimum Gasteiger partial charge on any atom is -0.454 e. The summed E-state index contributed by atoms with van der Waals surface area (Å²) in [4.78, 5) is 9.85. The Balaban J connectivity index is 0.643. The molecule has 24 aromatic rings. The molecule has 0 radical (unpaired) electrons. The van der Waals surface area contributed by atoms with Crippen molar-refractivity contribution in [2.24, 2.45) is 0 Å². The van der Waals surface area contributed by atoms with Crippen LogP contribution in [0.4, 0.5) is 68.2 Å². The minimum absolute atomic E-state index is 0.340. The van der Waals surface area contributed by atoms with Crippen LogP contribution in [-0.4, -0.2) is 0 Å². The van der Waals surface area contributed by atoms with Crippen molar-refractivity contribution < 1.29 is 8.83 Å². The quantitative estimate of drug-likeness (QED) is 0.0853. The highest BCUT2D eigenvalue weighted by Crippen LogP contribution is 2.56. The fourth-order valence-electron chi connectivity index (χ4n) is 20.0. The molecule has 0 saturated carbocycles. The molecule has 6 nitrogen and oxygen atoms in total. The van der Waals surface area contributed by atoms with Crippen LogP contribution in [-0.2, 0) is 6.42 Å². The number of hydrogen-bond acceptors (Lipinski definition) is 8. The lowest BCUT2D eigenvalue weighted by molar-refractivity contribution is 0.668. The van der Waals surface area contributed by atoms with Crippen molar-refractivity contribution in [1.82, 2.24) is 0 Å². The van der Waals surface area contributed by atoms with Gasteiger partial charge in [0.1, 0.15) is 11.2 Å². The molecule has 0 bridgehead atoms. The summed E-state index contributed by atoms with van der Waals surface area (Å²) in [6.07, 6.45) is 0.656. The zero-order chi connectivity index (χ0) is 85.4. The van der Waals surface area contributed by atoms with Crippen LogP contribution in [0.25, 0.3) is 150 Å². The summed E-state index contributed by atoms with van der Waals surface area (Å²) in [7, 11) is 0. The Morgan fingerprint density at radius 1 is 0.234 bits per heavy atom. The second-order valence-electron chi connectivity index (χ2n) is 34.6. The van der Waals surface area contributed by atoms with E-state index in [1.54, 1.807) is 0 Å². The minimum atomic E-state index is 0.340. The average molecular weight is 1680 g/mol. The predicted octanol–water partition coefficient (Wildman–Crippen LogP) is 36.2. The number of benzene rings is 20. The average Bonchev–Trinajstić information content (AvgIpc) is 1.54. The van der Waals surface area contributed by atoms with Gasteiger partial charge in [-0.05, 0) is 213 Å². The molecule has 128 heavy (non-hydrogen) atoms. The van der Waals surface area contributed by atoms with Gasteiger partial charge in [0.25, 0.3) is 0 Å². The van der Waals surface area contributed by atoms with Crippen LogP contribution in [0.3, 0.4) is 0 Å². The molecule has 0 saturated heterocycles. The monoisotopic (exact) mass is 1680 g/mol. The number of furan rings is 2. The number of nitrogens with zero attached hydrogens (tertiary/aromatic N) is 4. The van der Waals surface area contributed by atoms with Crippen molar-refractivity contribution in [1.29, 1.82) is 0 Å². The Morgan fingerprint density at radius 3 is 0.969 bits per heavy atom. The SMILES string of the molecule is Cc1ccc(N(c2ccc(-c3ccccc3)cc2)c2cc3sc4cc(N(c5ccc(Cc6ccc(N(c7ccc(C(C)C)cc7)c7cc8sc9cc(N(c%10ccc(C(C)C)cc%10)c%10cccc%11c%10oc%10ccccc%10%11)c%10ccccc%10c9c8c8ccccc78)c7oc8ccccc8c67)cc5)c5ccc(-c6ccccc6)cc5)c5ccccc5c4c3c3ccccc23)cc1. The van der Waals surface area contributed by atoms with Gasteiger partial charge in [0.15, 0.2) is 11.2 Å². The van der Waals surface area contributed by atoms with Crippen molar-refractivity contribution in [2.75, 3.05) is 19.6 Å². The third kappa shape index (κ3) is 12.9. The Hall–Kier alpha value is -15.3. The third-order valence-electron chi connectivity index (χ3n) is 26.3. The van der Waals surface area contributed by atoms with E-state index < -0.39 is 0 Å². The van der Waals surface area contributed by atoms with Crippen LogP contribution < -0.4 is 19.6 Å². The molecule has 0 atom stereocenters. The Labute approximate surface area is 750 Å². The maximum Gasteiger partial charge on any atom is 0.159 e. The smallest absolute Gasteiger partial charge is 0.159 e. The molecule has 0 aliphatic rings. The standard InChI is InChI=1S/C120H86N4O2S2/c1-74(2)78-47-60-89(61-48-78)123(102-40-24-39-100-95-33-20-22-41-108(95)125-119(100)102)106-72-112-117(98-36-18-14-31-93(98)106)118-99-37-19-15-32-94(99)107(73-113(118)128-112)124(90-62-49-79(50-63-90)75(3)4)103-68-55-84(114-101-38-21-23-42-109(101)126-120(103)114)69-77-45-58-86(59-46-77)122(88-66-53-83(54-67-88)81-27-10-7-11-28-81)105-71-111-116(97-35-17-13-30-92(97)105)115-96-34-16-12-29-91(96)104(70-110(115)127-111)121(85-56-43-76(5)44-57-85)87-64-51-82(52-65-87)80-25-8-6-9-26-80/h6-68,70-75H,69H2,1-5H3. The Bertz CT molecular complexity index is 8460. The Kier molecular flexibility index (Phi) is 18.6. The summed E-state index contributed by atoms with van der Waals surface area (Å²) >= 11 is 3.74. The number of thiophene rings is 2. The lowest BCUT2D eigenvalue weighted by Crippen LogP contribution is -2.11. The third-order valence-corrected chi connectivity index (χ3v) is 28.5. The molecule has 0 spiro atoms. The molecule has 24 rings (SSSR count). The van der Waals surface area contributed by atoms with Gasteiger partial charge in [0, 0.05) is 118 Å². The summed E-state index contributed by atoms with van der Waals surface area (Å²) in [6, 6.07) is 151. The van der Waals surface area contributed by atoms with Crippen molar-refractivity contribution in [2.45, 2.75) is 52.9 Å². The fourth-order valence-corrected chi connectivity index (χ4v) is 22.4. The van der Waals surface area contributed by atoms with Crippen LogP contribution in [0, 0.1) is 6.92 Å². The van der Waals surface area contributed by atoms with E-state index in [2.05, 4.69) is 461 Å². The van der Waals surface area contributed by atoms with Gasteiger partial charge in [-0.15, -0.1) is 22.7 Å². The van der Waals surface area contributed by atoms with E-state index >= 15 is 0 Å². The molecule has 0 N–H and O–H groups in total. The van der Waals surface area contributed by atoms with E-state index in [1.807, 2.05) is 22.7 Å². The number of aryl methyl sites for hydroxylation is 1. The molecule has 0 fully saturated rings. The van der Waals surface area contributed by atoms with E-state index in [4.69, 9.17) is 8.83 Å². The summed E-state index contributed by atoms with van der Waals surface area (Å²) < 4.78 is 19.2. The van der Waals surface area contributed by atoms with Gasteiger partial charge in [-0.2, -0.15) is 0 Å². The molecule has 4 heterocycles. The van der Waals surface area contributed by atoms with Crippen molar-refractivity contribution in [3.8, 4) is 22.3 Å². The molecule has 0 aliphatic carbocycles. The highest BCUT2D eigenvalue weighted by Gasteiger charge is 2.31. The van der Waals surface area contributed by atoms with Gasteiger partial charge in [-0.25, -0.2) is 0 Å². The van der Waals surface area contributed by atoms with E-state index in [9.17, 15) is 0 Å². The van der Waals surface area contributed by atoms with Gasteiger partial charge in [-0.3, -0.25) is 0 Å². The highest BCUT2D eigenvalue weighted by molar-refractivity contribution is 7.26. The molecular weight excluding hydrogens is 1590 g/mol. The van der Waals surface area contributed by atoms with E-state index in [1.165, 1.54) is 117 Å². The fraction of sp³-hybridized carbons (Fsp3) is 0.0667. The summed E-state index contributed by atoms with van der Waals surface area (Å²) in [5.74, 6) is 0.717. The predicted molar refractivity (Wildman–Crippen MR) is 549 cm³/mol. The zero-order valence-electron chi connectivity index (χ0n) is 71.5. The van der Waals surface area contributed by atoms with Crippen molar-refractivity contribution >= 4 is 218 Å². The van der Waals surface area contributed by atoms with Gasteiger partial charge < -0.3 is 28.4 Å². The molecule has 610 valence electrons. The first-order valence-electron chi connectivity index (χ1n) is 44.3. The van der Waals surface area contributed by atoms with E-state index in [0.717, 1.165) is 128 Å². The van der Waals surface area contributed by atoms with E-state index in [-0.39, 0.29) is 0 Å². The number of anilines is 12.